The van der Waals surface area contributed by atoms with Crippen molar-refractivity contribution in [3.63, 3.8) is 0 Å². The Labute approximate surface area is 182 Å². The maximum Gasteiger partial charge on any atom is 0.216 e. The summed E-state index contributed by atoms with van der Waals surface area (Å²) in [5.41, 5.74) is 11.6. The second-order valence-electron chi connectivity index (χ2n) is 9.35. The van der Waals surface area contributed by atoms with Crippen molar-refractivity contribution in [1.29, 1.82) is 0 Å². The summed E-state index contributed by atoms with van der Waals surface area (Å²) in [7, 11) is 2.10. The average molecular weight is 406 g/mol. The van der Waals surface area contributed by atoms with Crippen molar-refractivity contribution < 1.29 is 8.98 Å². The van der Waals surface area contributed by atoms with Crippen LogP contribution < -0.4 is 4.57 Å². The highest BCUT2D eigenvalue weighted by atomic mass is 16.3. The summed E-state index contributed by atoms with van der Waals surface area (Å²) in [6, 6.07) is 15.4. The van der Waals surface area contributed by atoms with E-state index in [1.165, 1.54) is 39.1 Å². The molecule has 0 bridgehead atoms. The molecule has 1 aliphatic carbocycles. The largest absolute Gasteiger partial charge is 0.454 e. The smallest absolute Gasteiger partial charge is 0.216 e. The van der Waals surface area contributed by atoms with E-state index in [0.29, 0.717) is 0 Å². The number of pyridine rings is 2. The van der Waals surface area contributed by atoms with Gasteiger partial charge in [-0.3, -0.25) is 4.98 Å². The third-order valence-electron chi connectivity index (χ3n) is 7.02. The minimum Gasteiger partial charge on any atom is -0.454 e. The summed E-state index contributed by atoms with van der Waals surface area (Å²) in [6.07, 6.45) is 6.00. The van der Waals surface area contributed by atoms with Crippen molar-refractivity contribution in [3.05, 3.63) is 83.3 Å². The lowest BCUT2D eigenvalue weighted by atomic mass is 9.82. The van der Waals surface area contributed by atoms with Crippen LogP contribution in [0.4, 0.5) is 0 Å². The van der Waals surface area contributed by atoms with Crippen LogP contribution >= 0.6 is 0 Å². The highest BCUT2D eigenvalue weighted by Crippen LogP contribution is 2.52. The van der Waals surface area contributed by atoms with Gasteiger partial charge in [0.25, 0.3) is 0 Å². The van der Waals surface area contributed by atoms with E-state index in [4.69, 9.17) is 4.42 Å². The van der Waals surface area contributed by atoms with Crippen LogP contribution in [0.3, 0.4) is 0 Å². The first kappa shape index (κ1) is 18.3. The molecule has 3 heterocycles. The quantitative estimate of drug-likeness (QED) is 0.302. The molecule has 6 rings (SSSR count). The molecule has 0 spiro atoms. The fourth-order valence-corrected chi connectivity index (χ4v) is 5.32. The number of fused-ring (bicyclic) bond motifs is 7. The molecule has 0 unspecified atom stereocenters. The molecular weight excluding hydrogens is 380 g/mol. The van der Waals surface area contributed by atoms with Gasteiger partial charge in [0.15, 0.2) is 6.20 Å². The highest BCUT2D eigenvalue weighted by Gasteiger charge is 2.38. The van der Waals surface area contributed by atoms with Crippen LogP contribution in [0.15, 0.2) is 65.5 Å². The van der Waals surface area contributed by atoms with Gasteiger partial charge in [-0.1, -0.05) is 38.1 Å². The maximum absolute atomic E-state index is 6.77. The van der Waals surface area contributed by atoms with Crippen LogP contribution in [-0.2, 0) is 12.5 Å². The van der Waals surface area contributed by atoms with E-state index >= 15 is 0 Å². The molecule has 0 N–H and O–H groups in total. The zero-order valence-corrected chi connectivity index (χ0v) is 18.6. The molecule has 0 saturated carbocycles. The lowest BCUT2D eigenvalue weighted by Gasteiger charge is -2.20. The molecule has 0 aliphatic heterocycles. The lowest BCUT2D eigenvalue weighted by molar-refractivity contribution is -0.660. The maximum atomic E-state index is 6.77. The van der Waals surface area contributed by atoms with Crippen LogP contribution in [0.5, 0.6) is 0 Å². The van der Waals surface area contributed by atoms with Crippen molar-refractivity contribution in [2.75, 3.05) is 0 Å². The Balaban J connectivity index is 1.76. The Kier molecular flexibility index (Phi) is 3.57. The van der Waals surface area contributed by atoms with Crippen LogP contribution in [0.2, 0.25) is 0 Å². The van der Waals surface area contributed by atoms with Gasteiger partial charge in [0.1, 0.15) is 18.2 Å². The van der Waals surface area contributed by atoms with Crippen molar-refractivity contribution in [3.8, 4) is 22.4 Å². The molecule has 0 fully saturated rings. The molecule has 2 aromatic carbocycles. The molecule has 3 aromatic heterocycles. The standard InChI is InChI=1S/C28H25N2O/c1-16-11-13-30(5)23(14-16)24-17(2)6-7-18-19-8-9-22-25(27(19)31-26(18)24)20-15-29-12-10-21(20)28(22,3)4/h6-15H,1-5H3/q+1. The van der Waals surface area contributed by atoms with Crippen molar-refractivity contribution in [1.82, 2.24) is 4.98 Å². The minimum atomic E-state index is -0.0670. The first-order valence-electron chi connectivity index (χ1n) is 10.8. The second-order valence-corrected chi connectivity index (χ2v) is 9.35. The Hall–Kier alpha value is -3.46. The Morgan fingerprint density at radius 2 is 1.61 bits per heavy atom. The van der Waals surface area contributed by atoms with Crippen LogP contribution in [0.1, 0.15) is 36.1 Å². The summed E-state index contributed by atoms with van der Waals surface area (Å²) >= 11 is 0. The molecule has 31 heavy (non-hydrogen) atoms. The molecule has 5 aromatic rings. The van der Waals surface area contributed by atoms with E-state index in [9.17, 15) is 0 Å². The molecular formula is C28H25N2O+. The number of nitrogens with zero attached hydrogens (tertiary/aromatic N) is 2. The number of aryl methyl sites for hydroxylation is 3. The number of hydrogen-bond acceptors (Lipinski definition) is 2. The van der Waals surface area contributed by atoms with Gasteiger partial charge in [0, 0.05) is 51.8 Å². The van der Waals surface area contributed by atoms with Crippen molar-refractivity contribution in [2.24, 2.45) is 7.05 Å². The zero-order chi connectivity index (χ0) is 21.5. The van der Waals surface area contributed by atoms with Crippen molar-refractivity contribution >= 4 is 21.9 Å². The summed E-state index contributed by atoms with van der Waals surface area (Å²) in [4.78, 5) is 4.44. The average Bonchev–Trinajstić information content (AvgIpc) is 3.23. The first-order valence-corrected chi connectivity index (χ1v) is 10.8. The molecule has 152 valence electrons. The number of rotatable bonds is 1. The Morgan fingerprint density at radius 3 is 2.42 bits per heavy atom. The predicted octanol–water partition coefficient (Wildman–Crippen LogP) is 6.40. The van der Waals surface area contributed by atoms with Crippen LogP contribution in [0.25, 0.3) is 44.3 Å². The number of furan rings is 1. The molecule has 0 radical (unpaired) electrons. The number of hydrogen-bond donors (Lipinski definition) is 0. The van der Waals surface area contributed by atoms with E-state index in [0.717, 1.165) is 27.5 Å². The van der Waals surface area contributed by atoms with E-state index in [1.54, 1.807) is 0 Å². The van der Waals surface area contributed by atoms with Gasteiger partial charge in [0.05, 0.1) is 5.56 Å². The van der Waals surface area contributed by atoms with Crippen LogP contribution in [-0.4, -0.2) is 4.98 Å². The molecule has 3 nitrogen and oxygen atoms in total. The summed E-state index contributed by atoms with van der Waals surface area (Å²) in [6.45, 7) is 8.87. The normalized spacial score (nSPS) is 14.2. The molecule has 0 amide bonds. The van der Waals surface area contributed by atoms with Gasteiger partial charge in [-0.05, 0) is 42.2 Å². The number of aromatic nitrogens is 2. The van der Waals surface area contributed by atoms with Gasteiger partial charge in [-0.25, -0.2) is 4.57 Å². The molecule has 0 atom stereocenters. The summed E-state index contributed by atoms with van der Waals surface area (Å²) in [5, 5.41) is 2.33. The van der Waals surface area contributed by atoms with E-state index in [2.05, 4.69) is 93.0 Å². The monoisotopic (exact) mass is 405 g/mol. The summed E-state index contributed by atoms with van der Waals surface area (Å²) < 4.78 is 8.94. The fourth-order valence-electron chi connectivity index (χ4n) is 5.32. The zero-order valence-electron chi connectivity index (χ0n) is 18.6. The predicted molar refractivity (Wildman–Crippen MR) is 125 cm³/mol. The summed E-state index contributed by atoms with van der Waals surface area (Å²) in [5.74, 6) is 0. The lowest BCUT2D eigenvalue weighted by Crippen LogP contribution is -2.30. The molecule has 3 heteroatoms. The first-order chi connectivity index (χ1) is 14.9. The molecule has 0 saturated heterocycles. The Morgan fingerprint density at radius 1 is 0.871 bits per heavy atom. The third-order valence-corrected chi connectivity index (χ3v) is 7.02. The third kappa shape index (κ3) is 2.35. The van der Waals surface area contributed by atoms with Gasteiger partial charge in [-0.2, -0.15) is 0 Å². The van der Waals surface area contributed by atoms with Crippen LogP contribution in [0, 0.1) is 13.8 Å². The van der Waals surface area contributed by atoms with Crippen molar-refractivity contribution in [2.45, 2.75) is 33.1 Å². The molecule has 1 aliphatic rings. The minimum absolute atomic E-state index is 0.0670. The highest BCUT2D eigenvalue weighted by molar-refractivity contribution is 6.14. The fraction of sp³-hybridized carbons (Fsp3) is 0.214. The van der Waals surface area contributed by atoms with E-state index in [-0.39, 0.29) is 5.41 Å². The SMILES string of the molecule is Cc1cc[n+](C)c(-c2c(C)ccc3c2oc2c4c(ccc23)C(C)(C)c2ccncc2-4)c1. The van der Waals surface area contributed by atoms with Gasteiger partial charge in [-0.15, -0.1) is 0 Å². The van der Waals surface area contributed by atoms with E-state index < -0.39 is 0 Å². The van der Waals surface area contributed by atoms with Gasteiger partial charge in [0.2, 0.25) is 5.69 Å². The van der Waals surface area contributed by atoms with E-state index in [1.807, 2.05) is 12.4 Å². The Bertz CT molecular complexity index is 1540. The van der Waals surface area contributed by atoms with Gasteiger partial charge < -0.3 is 4.42 Å². The van der Waals surface area contributed by atoms with Gasteiger partial charge >= 0.3 is 0 Å². The second kappa shape index (κ2) is 6.04. The number of benzene rings is 2. The topological polar surface area (TPSA) is 29.9 Å².